The number of ether oxygens (including phenoxy) is 1. The average molecular weight is 509 g/mol. The van der Waals surface area contributed by atoms with Crippen molar-refractivity contribution in [2.24, 2.45) is 0 Å². The van der Waals surface area contributed by atoms with Crippen molar-refractivity contribution < 1.29 is 18.7 Å². The Morgan fingerprint density at radius 1 is 0.857 bits per heavy atom. The molecule has 0 fully saturated rings. The third-order valence-electron chi connectivity index (χ3n) is 5.13. The Bertz CT molecular complexity index is 1280. The summed E-state index contributed by atoms with van der Waals surface area (Å²) in [7, 11) is 0. The molecular weight excluding hydrogens is 487 g/mol. The molecule has 6 nitrogen and oxygen atoms in total. The molecule has 0 bridgehead atoms. The summed E-state index contributed by atoms with van der Waals surface area (Å²) in [5.41, 5.74) is 1.10. The van der Waals surface area contributed by atoms with E-state index in [-0.39, 0.29) is 17.6 Å². The van der Waals surface area contributed by atoms with Crippen LogP contribution in [0.5, 0.6) is 11.5 Å². The molecular formula is C27H22Cl2N2O4. The standard InChI is InChI=1S/C27H22Cl2N2O4/c28-23-14-9-19(18-24(23)29)26(32)30-15-5-16-31(27(33)25-8-4-17-34-25)20-10-12-22(13-11-20)35-21-6-2-1-3-7-21/h1-4,6-14,17-18H,5,15-16H2,(H,30,32). The van der Waals surface area contributed by atoms with Crippen LogP contribution in [0.3, 0.4) is 0 Å². The van der Waals surface area contributed by atoms with Crippen LogP contribution in [0.25, 0.3) is 0 Å². The molecule has 4 rings (SSSR count). The molecule has 1 aromatic heterocycles. The minimum absolute atomic E-state index is 0.231. The summed E-state index contributed by atoms with van der Waals surface area (Å²) in [6, 6.07) is 24.7. The third-order valence-corrected chi connectivity index (χ3v) is 5.87. The quantitative estimate of drug-likeness (QED) is 0.251. The van der Waals surface area contributed by atoms with Crippen molar-refractivity contribution in [1.82, 2.24) is 5.32 Å². The molecule has 0 radical (unpaired) electrons. The number of furan rings is 1. The van der Waals surface area contributed by atoms with Crippen molar-refractivity contribution in [3.8, 4) is 11.5 Å². The number of hydrogen-bond donors (Lipinski definition) is 1. The van der Waals surface area contributed by atoms with Crippen molar-refractivity contribution in [3.63, 3.8) is 0 Å². The maximum Gasteiger partial charge on any atom is 0.293 e. The summed E-state index contributed by atoms with van der Waals surface area (Å²) in [5.74, 6) is 1.06. The molecule has 1 N–H and O–H groups in total. The third kappa shape index (κ3) is 6.44. The van der Waals surface area contributed by atoms with Gasteiger partial charge in [0.1, 0.15) is 11.5 Å². The maximum absolute atomic E-state index is 13.1. The molecule has 0 saturated heterocycles. The smallest absolute Gasteiger partial charge is 0.293 e. The van der Waals surface area contributed by atoms with Crippen LogP contribution in [0.15, 0.2) is 95.6 Å². The lowest BCUT2D eigenvalue weighted by Gasteiger charge is -2.22. The lowest BCUT2D eigenvalue weighted by Crippen LogP contribution is -2.34. The van der Waals surface area contributed by atoms with Gasteiger partial charge >= 0.3 is 0 Å². The molecule has 0 saturated carbocycles. The monoisotopic (exact) mass is 508 g/mol. The molecule has 4 aromatic rings. The van der Waals surface area contributed by atoms with E-state index >= 15 is 0 Å². The first-order valence-electron chi connectivity index (χ1n) is 10.9. The molecule has 35 heavy (non-hydrogen) atoms. The summed E-state index contributed by atoms with van der Waals surface area (Å²) >= 11 is 11.9. The molecule has 3 aromatic carbocycles. The van der Waals surface area contributed by atoms with Gasteiger partial charge in [-0.05, 0) is 73.2 Å². The van der Waals surface area contributed by atoms with E-state index in [9.17, 15) is 9.59 Å². The summed E-state index contributed by atoms with van der Waals surface area (Å²) in [5, 5.41) is 3.54. The lowest BCUT2D eigenvalue weighted by molar-refractivity contribution is 0.0953. The average Bonchev–Trinajstić information content (AvgIpc) is 3.42. The largest absolute Gasteiger partial charge is 0.459 e. The van der Waals surface area contributed by atoms with E-state index in [2.05, 4.69) is 5.32 Å². The highest BCUT2D eigenvalue weighted by Gasteiger charge is 2.20. The van der Waals surface area contributed by atoms with Gasteiger partial charge in [-0.25, -0.2) is 0 Å². The zero-order chi connectivity index (χ0) is 24.6. The Labute approximate surface area is 213 Å². The van der Waals surface area contributed by atoms with Crippen LogP contribution in [0.2, 0.25) is 10.0 Å². The summed E-state index contributed by atoms with van der Waals surface area (Å²) in [6.07, 6.45) is 1.97. The van der Waals surface area contributed by atoms with Crippen molar-refractivity contribution in [2.45, 2.75) is 6.42 Å². The van der Waals surface area contributed by atoms with Crippen LogP contribution in [0, 0.1) is 0 Å². The van der Waals surface area contributed by atoms with Crippen LogP contribution < -0.4 is 15.0 Å². The van der Waals surface area contributed by atoms with Crippen LogP contribution >= 0.6 is 23.2 Å². The molecule has 0 aliphatic heterocycles. The summed E-state index contributed by atoms with van der Waals surface area (Å²) in [6.45, 7) is 0.719. The molecule has 1 heterocycles. The SMILES string of the molecule is O=C(NCCCN(C(=O)c1ccco1)c1ccc(Oc2ccccc2)cc1)c1ccc(Cl)c(Cl)c1. The molecule has 2 amide bonds. The van der Waals surface area contributed by atoms with Crippen molar-refractivity contribution in [2.75, 3.05) is 18.0 Å². The van der Waals surface area contributed by atoms with Gasteiger partial charge in [0.25, 0.3) is 11.8 Å². The van der Waals surface area contributed by atoms with Crippen LogP contribution in [-0.4, -0.2) is 24.9 Å². The second kappa shape index (κ2) is 11.6. The number of halogens is 2. The number of anilines is 1. The fourth-order valence-corrected chi connectivity index (χ4v) is 3.68. The van der Waals surface area contributed by atoms with Crippen LogP contribution in [0.1, 0.15) is 27.3 Å². The Kier molecular flexibility index (Phi) is 8.08. The molecule has 178 valence electrons. The zero-order valence-electron chi connectivity index (χ0n) is 18.6. The van der Waals surface area contributed by atoms with Gasteiger partial charge in [0, 0.05) is 24.3 Å². The highest BCUT2D eigenvalue weighted by molar-refractivity contribution is 6.42. The first-order chi connectivity index (χ1) is 17.0. The molecule has 0 unspecified atom stereocenters. The number of rotatable bonds is 9. The van der Waals surface area contributed by atoms with Crippen molar-refractivity contribution in [3.05, 3.63) is 113 Å². The second-order valence-corrected chi connectivity index (χ2v) is 8.40. The molecule has 0 aliphatic rings. The van der Waals surface area contributed by atoms with Gasteiger partial charge in [-0.1, -0.05) is 41.4 Å². The summed E-state index contributed by atoms with van der Waals surface area (Å²) < 4.78 is 11.2. The van der Waals surface area contributed by atoms with E-state index < -0.39 is 0 Å². The van der Waals surface area contributed by atoms with Gasteiger partial charge in [-0.2, -0.15) is 0 Å². The highest BCUT2D eigenvalue weighted by Crippen LogP contribution is 2.26. The van der Waals surface area contributed by atoms with E-state index in [0.717, 1.165) is 5.75 Å². The van der Waals surface area contributed by atoms with Gasteiger partial charge in [-0.3, -0.25) is 9.59 Å². The second-order valence-electron chi connectivity index (χ2n) is 7.58. The van der Waals surface area contributed by atoms with E-state index in [0.29, 0.717) is 46.6 Å². The summed E-state index contributed by atoms with van der Waals surface area (Å²) in [4.78, 5) is 27.1. The predicted molar refractivity (Wildman–Crippen MR) is 137 cm³/mol. The van der Waals surface area contributed by atoms with Gasteiger partial charge in [-0.15, -0.1) is 0 Å². The molecule has 8 heteroatoms. The number of para-hydroxylation sites is 1. The fourth-order valence-electron chi connectivity index (χ4n) is 3.38. The topological polar surface area (TPSA) is 71.8 Å². The predicted octanol–water partition coefficient (Wildman–Crippen LogP) is 6.85. The number of carbonyl (C=O) groups excluding carboxylic acids is 2. The molecule has 0 atom stereocenters. The Morgan fingerprint density at radius 2 is 1.60 bits per heavy atom. The van der Waals surface area contributed by atoms with Gasteiger partial charge in [0.05, 0.1) is 16.3 Å². The Morgan fingerprint density at radius 3 is 2.29 bits per heavy atom. The first kappa shape index (κ1) is 24.4. The number of hydrogen-bond acceptors (Lipinski definition) is 4. The number of nitrogens with zero attached hydrogens (tertiary/aromatic N) is 1. The van der Waals surface area contributed by atoms with Crippen molar-refractivity contribution in [1.29, 1.82) is 0 Å². The van der Waals surface area contributed by atoms with E-state index in [1.807, 2.05) is 42.5 Å². The Hall–Kier alpha value is -3.74. The fraction of sp³-hybridized carbons (Fsp3) is 0.111. The van der Waals surface area contributed by atoms with E-state index in [1.54, 1.807) is 41.3 Å². The van der Waals surface area contributed by atoms with Gasteiger partial charge in [0.2, 0.25) is 0 Å². The minimum atomic E-state index is -0.275. The van der Waals surface area contributed by atoms with Crippen LogP contribution in [-0.2, 0) is 0 Å². The number of nitrogens with one attached hydrogen (secondary N) is 1. The normalized spacial score (nSPS) is 10.6. The minimum Gasteiger partial charge on any atom is -0.459 e. The van der Waals surface area contributed by atoms with Crippen molar-refractivity contribution >= 4 is 40.7 Å². The van der Waals surface area contributed by atoms with E-state index in [4.69, 9.17) is 32.4 Å². The number of amides is 2. The van der Waals surface area contributed by atoms with Gasteiger partial charge in [0.15, 0.2) is 5.76 Å². The molecule has 0 spiro atoms. The number of benzene rings is 3. The number of carbonyl (C=O) groups is 2. The van der Waals surface area contributed by atoms with E-state index in [1.165, 1.54) is 12.3 Å². The highest BCUT2D eigenvalue weighted by atomic mass is 35.5. The zero-order valence-corrected chi connectivity index (χ0v) is 20.1. The maximum atomic E-state index is 13.1. The van der Waals surface area contributed by atoms with Gasteiger partial charge < -0.3 is 19.4 Å². The lowest BCUT2D eigenvalue weighted by atomic mass is 10.2. The first-order valence-corrected chi connectivity index (χ1v) is 11.7. The van der Waals surface area contributed by atoms with Crippen LogP contribution in [0.4, 0.5) is 5.69 Å². The Balaban J connectivity index is 1.41. The molecule has 0 aliphatic carbocycles.